The van der Waals surface area contributed by atoms with Crippen LogP contribution >= 0.6 is 0 Å². The highest BCUT2D eigenvalue weighted by atomic mass is 16.5. The lowest BCUT2D eigenvalue weighted by molar-refractivity contribution is -0.118. The Labute approximate surface area is 167 Å². The van der Waals surface area contributed by atoms with Crippen LogP contribution in [0.2, 0.25) is 0 Å². The van der Waals surface area contributed by atoms with Crippen molar-refractivity contribution in [2.45, 2.75) is 38.2 Å². The molecule has 1 saturated heterocycles. The molecule has 146 valence electrons. The van der Waals surface area contributed by atoms with Crippen molar-refractivity contribution in [2.75, 3.05) is 25.0 Å². The van der Waals surface area contributed by atoms with Gasteiger partial charge in [0.1, 0.15) is 11.4 Å². The van der Waals surface area contributed by atoms with E-state index in [-0.39, 0.29) is 11.5 Å². The van der Waals surface area contributed by atoms with Crippen LogP contribution in [0.1, 0.15) is 43.7 Å². The fourth-order valence-corrected chi connectivity index (χ4v) is 4.09. The minimum Gasteiger partial charge on any atom is -0.482 e. The first-order chi connectivity index (χ1) is 13.6. The quantitative estimate of drug-likeness (QED) is 0.860. The van der Waals surface area contributed by atoms with E-state index in [9.17, 15) is 4.79 Å². The molecule has 2 heterocycles. The van der Waals surface area contributed by atoms with Gasteiger partial charge in [0.05, 0.1) is 0 Å². The third kappa shape index (κ3) is 3.57. The van der Waals surface area contributed by atoms with Crippen molar-refractivity contribution in [1.82, 2.24) is 5.32 Å². The molecule has 0 bridgehead atoms. The summed E-state index contributed by atoms with van der Waals surface area (Å²) in [5, 5.41) is 3.43. The molecule has 2 aliphatic rings. The van der Waals surface area contributed by atoms with Crippen LogP contribution in [0.15, 0.2) is 54.6 Å². The van der Waals surface area contributed by atoms with Gasteiger partial charge in [-0.15, -0.1) is 0 Å². The molecule has 1 spiro atoms. The summed E-state index contributed by atoms with van der Waals surface area (Å²) < 4.78 is 6.46. The van der Waals surface area contributed by atoms with Crippen molar-refractivity contribution < 1.29 is 9.53 Å². The van der Waals surface area contributed by atoms with Gasteiger partial charge in [-0.25, -0.2) is 0 Å². The number of benzene rings is 2. The Morgan fingerprint density at radius 2 is 1.82 bits per heavy atom. The molecule has 0 radical (unpaired) electrons. The maximum Gasteiger partial charge on any atom is 0.226 e. The first kappa shape index (κ1) is 18.8. The summed E-state index contributed by atoms with van der Waals surface area (Å²) in [6.45, 7) is 3.96. The minimum absolute atomic E-state index is 0.152. The van der Waals surface area contributed by atoms with Gasteiger partial charge >= 0.3 is 0 Å². The molecule has 2 aliphatic heterocycles. The average molecular weight is 377 g/mol. The van der Waals surface area contributed by atoms with Crippen LogP contribution in [-0.4, -0.2) is 31.6 Å². The van der Waals surface area contributed by atoms with Crippen LogP contribution in [0, 0.1) is 0 Å². The van der Waals surface area contributed by atoms with Gasteiger partial charge in [0, 0.05) is 37.6 Å². The number of fused-ring (bicyclic) bond motifs is 1. The molecule has 0 aliphatic carbocycles. The minimum atomic E-state index is -0.235. The van der Waals surface area contributed by atoms with Crippen LogP contribution in [0.4, 0.5) is 5.69 Å². The predicted molar refractivity (Wildman–Crippen MR) is 114 cm³/mol. The van der Waals surface area contributed by atoms with Gasteiger partial charge in [-0.05, 0) is 54.9 Å². The molecular formula is C24H28N2O2. The number of anilines is 1. The molecule has 1 fully saturated rings. The second-order valence-electron chi connectivity index (χ2n) is 7.72. The average Bonchev–Trinajstić information content (AvgIpc) is 2.73. The first-order valence-corrected chi connectivity index (χ1v) is 10.2. The Bertz CT molecular complexity index is 880. The standard InChI is InChI=1S/C24H28N2O2/c1-3-6-23(27)26(2)19-11-9-18(10-12-19)21-17-24(13-15-25-16-14-24)28-22-8-5-4-7-20(21)22/h4-5,7-12,17,25H,3,6,13-16H2,1-2H3. The van der Waals surface area contributed by atoms with Gasteiger partial charge in [0.2, 0.25) is 5.91 Å². The van der Waals surface area contributed by atoms with E-state index >= 15 is 0 Å². The van der Waals surface area contributed by atoms with E-state index in [4.69, 9.17) is 4.74 Å². The van der Waals surface area contributed by atoms with Crippen molar-refractivity contribution in [2.24, 2.45) is 0 Å². The molecule has 0 unspecified atom stereocenters. The second kappa shape index (κ2) is 7.80. The molecule has 4 rings (SSSR count). The number of hydrogen-bond acceptors (Lipinski definition) is 3. The predicted octanol–water partition coefficient (Wildman–Crippen LogP) is 4.40. The van der Waals surface area contributed by atoms with Gasteiger partial charge in [-0.2, -0.15) is 0 Å². The number of hydrogen-bond donors (Lipinski definition) is 1. The summed E-state index contributed by atoms with van der Waals surface area (Å²) in [6, 6.07) is 16.6. The lowest BCUT2D eigenvalue weighted by Gasteiger charge is -2.40. The Morgan fingerprint density at radius 1 is 1.11 bits per heavy atom. The third-order valence-electron chi connectivity index (χ3n) is 5.75. The summed E-state index contributed by atoms with van der Waals surface area (Å²) in [5.41, 5.74) is 4.21. The molecule has 0 saturated carbocycles. The van der Waals surface area contributed by atoms with E-state index in [2.05, 4.69) is 41.7 Å². The molecule has 0 atom stereocenters. The van der Waals surface area contributed by atoms with Crippen LogP contribution in [0.25, 0.3) is 5.57 Å². The van der Waals surface area contributed by atoms with E-state index in [0.29, 0.717) is 6.42 Å². The molecule has 4 heteroatoms. The largest absolute Gasteiger partial charge is 0.482 e. The van der Waals surface area contributed by atoms with Crippen molar-refractivity contribution in [1.29, 1.82) is 0 Å². The number of rotatable bonds is 4. The topological polar surface area (TPSA) is 41.6 Å². The number of nitrogens with one attached hydrogen (secondary N) is 1. The van der Waals surface area contributed by atoms with Gasteiger partial charge < -0.3 is 15.0 Å². The summed E-state index contributed by atoms with van der Waals surface area (Å²) in [4.78, 5) is 13.9. The highest BCUT2D eigenvalue weighted by Crippen LogP contribution is 2.42. The molecule has 1 amide bonds. The van der Waals surface area contributed by atoms with Crippen LogP contribution in [0.5, 0.6) is 5.75 Å². The molecule has 0 aromatic heterocycles. The third-order valence-corrected chi connectivity index (χ3v) is 5.75. The van der Waals surface area contributed by atoms with E-state index in [1.807, 2.05) is 32.2 Å². The normalized spacial score (nSPS) is 17.4. The summed E-state index contributed by atoms with van der Waals surface area (Å²) >= 11 is 0. The monoisotopic (exact) mass is 376 g/mol. The van der Waals surface area contributed by atoms with Crippen LogP contribution < -0.4 is 15.0 Å². The number of carbonyl (C=O) groups excluding carboxylic acids is 1. The second-order valence-corrected chi connectivity index (χ2v) is 7.72. The Morgan fingerprint density at radius 3 is 2.54 bits per heavy atom. The SMILES string of the molecule is CCCC(=O)N(C)c1ccc(C2=CC3(CCNCC3)Oc3ccccc32)cc1. The zero-order chi connectivity index (χ0) is 19.6. The molecule has 2 aromatic carbocycles. The van der Waals surface area contributed by atoms with E-state index in [1.54, 1.807) is 4.90 Å². The Kier molecular flexibility index (Phi) is 5.23. The number of carbonyl (C=O) groups is 1. The van der Waals surface area contributed by atoms with Crippen molar-refractivity contribution in [3.8, 4) is 5.75 Å². The van der Waals surface area contributed by atoms with Gasteiger partial charge in [-0.3, -0.25) is 4.79 Å². The van der Waals surface area contributed by atoms with Crippen LogP contribution in [0.3, 0.4) is 0 Å². The van der Waals surface area contributed by atoms with E-state index in [0.717, 1.165) is 54.9 Å². The summed E-state index contributed by atoms with van der Waals surface area (Å²) in [5.74, 6) is 1.11. The number of piperidine rings is 1. The van der Waals surface area contributed by atoms with Crippen molar-refractivity contribution in [3.05, 3.63) is 65.7 Å². The molecular weight excluding hydrogens is 348 g/mol. The lowest BCUT2D eigenvalue weighted by Crippen LogP contribution is -2.46. The number of nitrogens with zero attached hydrogens (tertiary/aromatic N) is 1. The summed E-state index contributed by atoms with van der Waals surface area (Å²) in [6.07, 6.45) is 5.69. The summed E-state index contributed by atoms with van der Waals surface area (Å²) in [7, 11) is 1.85. The highest BCUT2D eigenvalue weighted by Gasteiger charge is 2.36. The maximum atomic E-state index is 12.2. The maximum absolute atomic E-state index is 12.2. The smallest absolute Gasteiger partial charge is 0.226 e. The molecule has 4 nitrogen and oxygen atoms in total. The number of ether oxygens (including phenoxy) is 1. The fourth-order valence-electron chi connectivity index (χ4n) is 4.09. The highest BCUT2D eigenvalue weighted by molar-refractivity contribution is 5.93. The van der Waals surface area contributed by atoms with Gasteiger partial charge in [-0.1, -0.05) is 37.3 Å². The van der Waals surface area contributed by atoms with E-state index < -0.39 is 0 Å². The molecule has 28 heavy (non-hydrogen) atoms. The molecule has 1 N–H and O–H groups in total. The first-order valence-electron chi connectivity index (χ1n) is 10.2. The van der Waals surface area contributed by atoms with Crippen molar-refractivity contribution in [3.63, 3.8) is 0 Å². The zero-order valence-electron chi connectivity index (χ0n) is 16.7. The Hall–Kier alpha value is -2.59. The van der Waals surface area contributed by atoms with E-state index in [1.165, 1.54) is 5.57 Å². The van der Waals surface area contributed by atoms with Gasteiger partial charge in [0.15, 0.2) is 0 Å². The lowest BCUT2D eigenvalue weighted by atomic mass is 9.83. The van der Waals surface area contributed by atoms with Gasteiger partial charge in [0.25, 0.3) is 0 Å². The van der Waals surface area contributed by atoms with Crippen LogP contribution in [-0.2, 0) is 4.79 Å². The number of amides is 1. The fraction of sp³-hybridized carbons (Fsp3) is 0.375. The molecule has 2 aromatic rings. The van der Waals surface area contributed by atoms with Crippen molar-refractivity contribution >= 4 is 17.2 Å². The number of para-hydroxylation sites is 1. The Balaban J connectivity index is 1.69. The zero-order valence-corrected chi connectivity index (χ0v) is 16.7.